The monoisotopic (exact) mass is 329 g/mol. The summed E-state index contributed by atoms with van der Waals surface area (Å²) >= 11 is 3.43. The Bertz CT molecular complexity index is 753. The minimum absolute atomic E-state index is 0.467. The number of nitrogens with zero attached hydrogens (tertiary/aromatic N) is 2. The first-order valence-electron chi connectivity index (χ1n) is 6.10. The highest BCUT2D eigenvalue weighted by atomic mass is 79.9. The van der Waals surface area contributed by atoms with Gasteiger partial charge in [0.1, 0.15) is 0 Å². The highest BCUT2D eigenvalue weighted by Gasteiger charge is 2.14. The molecule has 100 valence electrons. The number of anilines is 1. The molecule has 0 radical (unpaired) electrons. The Morgan fingerprint density at radius 1 is 1.05 bits per heavy atom. The van der Waals surface area contributed by atoms with Crippen molar-refractivity contribution in [3.05, 3.63) is 52.5 Å². The summed E-state index contributed by atoms with van der Waals surface area (Å²) in [6, 6.07) is 13.4. The second-order valence-corrected chi connectivity index (χ2v) is 5.36. The summed E-state index contributed by atoms with van der Waals surface area (Å²) < 4.78 is 6.63. The predicted molar refractivity (Wildman–Crippen MR) is 82.0 cm³/mol. The van der Waals surface area contributed by atoms with Crippen molar-refractivity contribution in [3.63, 3.8) is 0 Å². The molecular formula is C15H12BrN3O. The molecule has 5 heteroatoms. The first-order valence-corrected chi connectivity index (χ1v) is 6.89. The third-order valence-corrected chi connectivity index (χ3v) is 3.55. The normalized spacial score (nSPS) is 10.7. The molecule has 3 rings (SSSR count). The van der Waals surface area contributed by atoms with Crippen molar-refractivity contribution in [2.45, 2.75) is 6.92 Å². The van der Waals surface area contributed by atoms with E-state index in [1.807, 2.05) is 49.4 Å². The van der Waals surface area contributed by atoms with Gasteiger partial charge in [0.05, 0.1) is 0 Å². The van der Waals surface area contributed by atoms with Crippen LogP contribution in [0.25, 0.3) is 22.9 Å². The Labute approximate surface area is 124 Å². The maximum Gasteiger partial charge on any atom is 0.248 e. The molecule has 0 unspecified atom stereocenters. The Morgan fingerprint density at radius 2 is 1.75 bits per heavy atom. The van der Waals surface area contributed by atoms with Crippen molar-refractivity contribution in [2.75, 3.05) is 5.73 Å². The summed E-state index contributed by atoms with van der Waals surface area (Å²) in [6.07, 6.45) is 0. The maximum absolute atomic E-state index is 5.96. The van der Waals surface area contributed by atoms with Crippen LogP contribution in [0.5, 0.6) is 0 Å². The molecule has 1 aromatic heterocycles. The molecule has 0 aliphatic rings. The molecule has 3 aromatic rings. The van der Waals surface area contributed by atoms with Crippen LogP contribution in [0.2, 0.25) is 0 Å². The molecule has 2 aromatic carbocycles. The average Bonchev–Trinajstić information content (AvgIpc) is 2.93. The van der Waals surface area contributed by atoms with Gasteiger partial charge in [-0.15, -0.1) is 10.2 Å². The van der Waals surface area contributed by atoms with E-state index in [9.17, 15) is 0 Å². The largest absolute Gasteiger partial charge is 0.416 e. The molecule has 4 nitrogen and oxygen atoms in total. The summed E-state index contributed by atoms with van der Waals surface area (Å²) in [7, 11) is 0. The molecule has 0 fully saturated rings. The van der Waals surface area contributed by atoms with Crippen LogP contribution in [0.4, 0.5) is 5.69 Å². The highest BCUT2D eigenvalue weighted by Crippen LogP contribution is 2.31. The van der Waals surface area contributed by atoms with Gasteiger partial charge in [-0.1, -0.05) is 34.1 Å². The molecule has 0 aliphatic carbocycles. The van der Waals surface area contributed by atoms with Crippen LogP contribution < -0.4 is 5.73 Å². The molecule has 0 amide bonds. The van der Waals surface area contributed by atoms with E-state index in [1.165, 1.54) is 0 Å². The molecule has 0 atom stereocenters. The molecule has 0 spiro atoms. The number of hydrogen-bond acceptors (Lipinski definition) is 4. The molecule has 0 saturated carbocycles. The lowest BCUT2D eigenvalue weighted by Gasteiger charge is -2.05. The van der Waals surface area contributed by atoms with Gasteiger partial charge >= 0.3 is 0 Å². The highest BCUT2D eigenvalue weighted by molar-refractivity contribution is 9.10. The van der Waals surface area contributed by atoms with Crippen LogP contribution in [-0.2, 0) is 0 Å². The number of hydrogen-bond donors (Lipinski definition) is 1. The molecule has 0 aliphatic heterocycles. The molecule has 20 heavy (non-hydrogen) atoms. The summed E-state index contributed by atoms with van der Waals surface area (Å²) in [4.78, 5) is 0. The molecule has 0 bridgehead atoms. The van der Waals surface area contributed by atoms with E-state index >= 15 is 0 Å². The van der Waals surface area contributed by atoms with E-state index in [0.29, 0.717) is 17.5 Å². The van der Waals surface area contributed by atoms with Crippen LogP contribution in [-0.4, -0.2) is 10.2 Å². The lowest BCUT2D eigenvalue weighted by molar-refractivity contribution is 0.584. The standard InChI is InChI=1S/C15H12BrN3O/c1-9-12(7-11(16)8-13(9)17)15-19-18-14(20-15)10-5-3-2-4-6-10/h2-8H,17H2,1H3. The average molecular weight is 330 g/mol. The van der Waals surface area contributed by atoms with Crippen molar-refractivity contribution >= 4 is 21.6 Å². The number of nitrogen functional groups attached to an aromatic ring is 1. The van der Waals surface area contributed by atoms with Crippen LogP contribution >= 0.6 is 15.9 Å². The van der Waals surface area contributed by atoms with Gasteiger partial charge in [-0.2, -0.15) is 0 Å². The zero-order chi connectivity index (χ0) is 14.1. The van der Waals surface area contributed by atoms with E-state index in [2.05, 4.69) is 26.1 Å². The minimum Gasteiger partial charge on any atom is -0.416 e. The van der Waals surface area contributed by atoms with E-state index in [4.69, 9.17) is 10.2 Å². The zero-order valence-corrected chi connectivity index (χ0v) is 12.4. The second kappa shape index (κ2) is 5.09. The van der Waals surface area contributed by atoms with Gasteiger partial charge in [0.15, 0.2) is 0 Å². The first-order chi connectivity index (χ1) is 9.65. The Kier molecular flexibility index (Phi) is 3.28. The van der Waals surface area contributed by atoms with E-state index in [1.54, 1.807) is 0 Å². The van der Waals surface area contributed by atoms with Crippen LogP contribution in [0, 0.1) is 6.92 Å². The van der Waals surface area contributed by atoms with Crippen molar-refractivity contribution < 1.29 is 4.42 Å². The topological polar surface area (TPSA) is 64.9 Å². The third-order valence-electron chi connectivity index (χ3n) is 3.09. The van der Waals surface area contributed by atoms with Crippen molar-refractivity contribution in [1.29, 1.82) is 0 Å². The van der Waals surface area contributed by atoms with E-state index in [0.717, 1.165) is 21.2 Å². The lowest BCUT2D eigenvalue weighted by atomic mass is 10.1. The second-order valence-electron chi connectivity index (χ2n) is 4.45. The van der Waals surface area contributed by atoms with Crippen LogP contribution in [0.1, 0.15) is 5.56 Å². The number of nitrogens with two attached hydrogens (primary N) is 1. The Morgan fingerprint density at radius 3 is 2.50 bits per heavy atom. The lowest BCUT2D eigenvalue weighted by Crippen LogP contribution is -1.93. The Balaban J connectivity index is 2.07. The number of aromatic nitrogens is 2. The minimum atomic E-state index is 0.467. The van der Waals surface area contributed by atoms with Gasteiger partial charge in [0.2, 0.25) is 11.8 Å². The summed E-state index contributed by atoms with van der Waals surface area (Å²) in [5.41, 5.74) is 9.31. The number of rotatable bonds is 2. The maximum atomic E-state index is 5.96. The SMILES string of the molecule is Cc1c(N)cc(Br)cc1-c1nnc(-c2ccccc2)o1. The molecule has 0 saturated heterocycles. The molecule has 1 heterocycles. The van der Waals surface area contributed by atoms with Crippen LogP contribution in [0.3, 0.4) is 0 Å². The van der Waals surface area contributed by atoms with Gasteiger partial charge in [0.25, 0.3) is 0 Å². The van der Waals surface area contributed by atoms with Gasteiger partial charge in [-0.3, -0.25) is 0 Å². The van der Waals surface area contributed by atoms with Gasteiger partial charge in [-0.05, 0) is 36.8 Å². The summed E-state index contributed by atoms with van der Waals surface area (Å²) in [5, 5.41) is 8.20. The molecule has 2 N–H and O–H groups in total. The summed E-state index contributed by atoms with van der Waals surface area (Å²) in [5.74, 6) is 0.966. The number of halogens is 1. The quantitative estimate of drug-likeness (QED) is 0.720. The van der Waals surface area contributed by atoms with Crippen molar-refractivity contribution in [1.82, 2.24) is 10.2 Å². The number of benzene rings is 2. The smallest absolute Gasteiger partial charge is 0.248 e. The van der Waals surface area contributed by atoms with Gasteiger partial charge < -0.3 is 10.2 Å². The van der Waals surface area contributed by atoms with Gasteiger partial charge in [-0.25, -0.2) is 0 Å². The fourth-order valence-corrected chi connectivity index (χ4v) is 2.43. The first kappa shape index (κ1) is 12.9. The molecular weight excluding hydrogens is 318 g/mol. The Hall–Kier alpha value is -2.14. The predicted octanol–water partition coefficient (Wildman–Crippen LogP) is 4.06. The van der Waals surface area contributed by atoms with E-state index < -0.39 is 0 Å². The zero-order valence-electron chi connectivity index (χ0n) is 10.8. The van der Waals surface area contributed by atoms with Crippen molar-refractivity contribution in [3.8, 4) is 22.9 Å². The van der Waals surface area contributed by atoms with Crippen LogP contribution in [0.15, 0.2) is 51.4 Å². The fraction of sp³-hybridized carbons (Fsp3) is 0.0667. The van der Waals surface area contributed by atoms with Crippen molar-refractivity contribution in [2.24, 2.45) is 0 Å². The van der Waals surface area contributed by atoms with E-state index in [-0.39, 0.29) is 0 Å². The summed E-state index contributed by atoms with van der Waals surface area (Å²) in [6.45, 7) is 1.93. The third kappa shape index (κ3) is 2.32. The van der Waals surface area contributed by atoms with Gasteiger partial charge in [0, 0.05) is 21.3 Å². The fourth-order valence-electron chi connectivity index (χ4n) is 1.95.